The minimum Gasteiger partial charge on any atom is -0.508 e. The van der Waals surface area contributed by atoms with Crippen LogP contribution in [0.5, 0.6) is 5.75 Å². The fraction of sp³-hybridized carbons (Fsp3) is 0.364. The smallest absolute Gasteiger partial charge is 0.320 e. The van der Waals surface area contributed by atoms with E-state index >= 15 is 0 Å². The van der Waals surface area contributed by atoms with E-state index in [0.29, 0.717) is 19.4 Å². The van der Waals surface area contributed by atoms with Crippen LogP contribution in [0.15, 0.2) is 24.3 Å². The number of carboxylic acids is 1. The predicted molar refractivity (Wildman–Crippen MR) is 61.4 cm³/mol. The number of carboxylic acid groups (broad SMARTS) is 1. The van der Waals surface area contributed by atoms with Crippen LogP contribution in [0.1, 0.15) is 12.8 Å². The Morgan fingerprint density at radius 1 is 1.50 bits per heavy atom. The minimum atomic E-state index is -0.975. The molecule has 16 heavy (non-hydrogen) atoms. The summed E-state index contributed by atoms with van der Waals surface area (Å²) in [6, 6.07) is 5.96. The van der Waals surface area contributed by atoms with Crippen molar-refractivity contribution in [1.29, 1.82) is 0 Å². The topological polar surface area (TPSA) is 95.6 Å². The van der Waals surface area contributed by atoms with Crippen LogP contribution in [0.4, 0.5) is 5.69 Å². The lowest BCUT2D eigenvalue weighted by atomic mass is 10.1. The fourth-order valence-electron chi connectivity index (χ4n) is 1.29. The van der Waals surface area contributed by atoms with Gasteiger partial charge in [0.05, 0.1) is 0 Å². The summed E-state index contributed by atoms with van der Waals surface area (Å²) in [4.78, 5) is 10.4. The van der Waals surface area contributed by atoms with Crippen LogP contribution in [0.3, 0.4) is 0 Å². The first-order chi connectivity index (χ1) is 7.59. The lowest BCUT2D eigenvalue weighted by Gasteiger charge is -2.08. The van der Waals surface area contributed by atoms with Gasteiger partial charge in [0.1, 0.15) is 11.8 Å². The van der Waals surface area contributed by atoms with Gasteiger partial charge in [0.2, 0.25) is 0 Å². The van der Waals surface area contributed by atoms with Crippen LogP contribution in [-0.4, -0.2) is 28.8 Å². The Kier molecular flexibility index (Phi) is 4.60. The molecule has 0 aliphatic carbocycles. The molecule has 0 fully saturated rings. The molecule has 0 heterocycles. The zero-order valence-electron chi connectivity index (χ0n) is 8.89. The van der Waals surface area contributed by atoms with E-state index < -0.39 is 12.0 Å². The number of aliphatic carboxylic acids is 1. The molecule has 0 amide bonds. The maximum absolute atomic E-state index is 10.4. The maximum atomic E-state index is 10.4. The number of nitrogens with one attached hydrogen (secondary N) is 1. The molecule has 0 saturated heterocycles. The van der Waals surface area contributed by atoms with Crippen molar-refractivity contribution in [3.05, 3.63) is 24.3 Å². The maximum Gasteiger partial charge on any atom is 0.320 e. The summed E-state index contributed by atoms with van der Waals surface area (Å²) < 4.78 is 0. The Labute approximate surface area is 93.9 Å². The Morgan fingerprint density at radius 2 is 2.25 bits per heavy atom. The lowest BCUT2D eigenvalue weighted by Crippen LogP contribution is -2.30. The minimum absolute atomic E-state index is 0.201. The van der Waals surface area contributed by atoms with Crippen LogP contribution < -0.4 is 11.1 Å². The van der Waals surface area contributed by atoms with Crippen molar-refractivity contribution in [2.24, 2.45) is 5.73 Å². The molecule has 5 heteroatoms. The standard InChI is InChI=1S/C11H16N2O3/c12-10(11(15)16)5-2-6-13-8-3-1-4-9(14)7-8/h1,3-4,7,10,13-14H,2,5-6,12H2,(H,15,16)/t10-/m0/s1. The van der Waals surface area contributed by atoms with Crippen molar-refractivity contribution in [2.45, 2.75) is 18.9 Å². The van der Waals surface area contributed by atoms with E-state index in [1.54, 1.807) is 18.2 Å². The number of phenols is 1. The number of aromatic hydroxyl groups is 1. The summed E-state index contributed by atoms with van der Waals surface area (Å²) >= 11 is 0. The highest BCUT2D eigenvalue weighted by Crippen LogP contribution is 2.15. The van der Waals surface area contributed by atoms with E-state index in [4.69, 9.17) is 10.8 Å². The summed E-state index contributed by atoms with van der Waals surface area (Å²) in [7, 11) is 0. The van der Waals surface area contributed by atoms with Gasteiger partial charge in [0.15, 0.2) is 0 Å². The number of rotatable bonds is 6. The van der Waals surface area contributed by atoms with Crippen LogP contribution >= 0.6 is 0 Å². The van der Waals surface area contributed by atoms with Gasteiger partial charge in [-0.3, -0.25) is 4.79 Å². The molecule has 5 nitrogen and oxygen atoms in total. The van der Waals surface area contributed by atoms with Crippen molar-refractivity contribution in [2.75, 3.05) is 11.9 Å². The van der Waals surface area contributed by atoms with Crippen molar-refractivity contribution in [3.63, 3.8) is 0 Å². The largest absolute Gasteiger partial charge is 0.508 e. The van der Waals surface area contributed by atoms with Crippen molar-refractivity contribution in [3.8, 4) is 5.75 Å². The molecule has 0 bridgehead atoms. The van der Waals surface area contributed by atoms with E-state index in [1.807, 2.05) is 6.07 Å². The normalized spacial score (nSPS) is 12.1. The summed E-state index contributed by atoms with van der Waals surface area (Å²) in [5.41, 5.74) is 6.16. The van der Waals surface area contributed by atoms with Crippen LogP contribution in [0.25, 0.3) is 0 Å². The van der Waals surface area contributed by atoms with E-state index in [9.17, 15) is 9.90 Å². The van der Waals surface area contributed by atoms with Gasteiger partial charge in [-0.1, -0.05) is 6.07 Å². The number of hydrogen-bond acceptors (Lipinski definition) is 4. The second-order valence-corrected chi connectivity index (χ2v) is 3.56. The van der Waals surface area contributed by atoms with Gasteiger partial charge >= 0.3 is 5.97 Å². The average molecular weight is 224 g/mol. The number of benzene rings is 1. The van der Waals surface area contributed by atoms with E-state index in [1.165, 1.54) is 0 Å². The predicted octanol–water partition coefficient (Wildman–Crippen LogP) is 0.996. The quantitative estimate of drug-likeness (QED) is 0.540. The van der Waals surface area contributed by atoms with Crippen LogP contribution in [0, 0.1) is 0 Å². The van der Waals surface area contributed by atoms with Crippen molar-refractivity contribution >= 4 is 11.7 Å². The highest BCUT2D eigenvalue weighted by molar-refractivity contribution is 5.72. The molecule has 0 aliphatic heterocycles. The van der Waals surface area contributed by atoms with Gasteiger partial charge in [-0.05, 0) is 25.0 Å². The Hall–Kier alpha value is -1.75. The van der Waals surface area contributed by atoms with Crippen LogP contribution in [0.2, 0.25) is 0 Å². The van der Waals surface area contributed by atoms with Gasteiger partial charge in [-0.25, -0.2) is 0 Å². The fourth-order valence-corrected chi connectivity index (χ4v) is 1.29. The number of carbonyl (C=O) groups is 1. The van der Waals surface area contributed by atoms with E-state index in [-0.39, 0.29) is 5.75 Å². The molecule has 88 valence electrons. The summed E-state index contributed by atoms with van der Waals surface area (Å²) in [5, 5.41) is 20.8. The lowest BCUT2D eigenvalue weighted by molar-refractivity contribution is -0.138. The number of hydrogen-bond donors (Lipinski definition) is 4. The first-order valence-electron chi connectivity index (χ1n) is 5.11. The van der Waals surface area contributed by atoms with Gasteiger partial charge < -0.3 is 21.3 Å². The molecule has 0 aromatic heterocycles. The molecule has 1 aromatic rings. The third kappa shape index (κ3) is 4.18. The molecular weight excluding hydrogens is 208 g/mol. The molecule has 0 saturated carbocycles. The summed E-state index contributed by atoms with van der Waals surface area (Å²) in [5.74, 6) is -0.774. The highest BCUT2D eigenvalue weighted by atomic mass is 16.4. The molecule has 5 N–H and O–H groups in total. The summed E-state index contributed by atoms with van der Waals surface area (Å²) in [6.45, 7) is 0.629. The van der Waals surface area contributed by atoms with Crippen molar-refractivity contribution < 1.29 is 15.0 Å². The Bertz CT molecular complexity index is 355. The molecule has 1 atom stereocenters. The Morgan fingerprint density at radius 3 is 2.88 bits per heavy atom. The SMILES string of the molecule is N[C@@H](CCCNc1cccc(O)c1)C(=O)O. The number of anilines is 1. The van der Waals surface area contributed by atoms with Gasteiger partial charge in [-0.15, -0.1) is 0 Å². The second-order valence-electron chi connectivity index (χ2n) is 3.56. The van der Waals surface area contributed by atoms with Gasteiger partial charge in [0.25, 0.3) is 0 Å². The third-order valence-corrected chi connectivity index (χ3v) is 2.18. The first-order valence-corrected chi connectivity index (χ1v) is 5.11. The van der Waals surface area contributed by atoms with Crippen molar-refractivity contribution in [1.82, 2.24) is 0 Å². The molecular formula is C11H16N2O3. The Balaban J connectivity index is 2.23. The molecule has 1 aromatic carbocycles. The third-order valence-electron chi connectivity index (χ3n) is 2.18. The zero-order chi connectivity index (χ0) is 12.0. The number of phenolic OH excluding ortho intramolecular Hbond substituents is 1. The van der Waals surface area contributed by atoms with E-state index in [2.05, 4.69) is 5.32 Å². The first kappa shape index (κ1) is 12.3. The van der Waals surface area contributed by atoms with Gasteiger partial charge in [-0.2, -0.15) is 0 Å². The van der Waals surface area contributed by atoms with Crippen LogP contribution in [-0.2, 0) is 4.79 Å². The zero-order valence-corrected chi connectivity index (χ0v) is 8.89. The molecule has 0 spiro atoms. The highest BCUT2D eigenvalue weighted by Gasteiger charge is 2.09. The monoisotopic (exact) mass is 224 g/mol. The second kappa shape index (κ2) is 5.97. The summed E-state index contributed by atoms with van der Waals surface area (Å²) in [6.07, 6.45) is 1.10. The van der Waals surface area contributed by atoms with Gasteiger partial charge in [0, 0.05) is 18.3 Å². The molecule has 0 aliphatic rings. The molecule has 1 rings (SSSR count). The average Bonchev–Trinajstić information content (AvgIpc) is 2.24. The van der Waals surface area contributed by atoms with E-state index in [0.717, 1.165) is 5.69 Å². The number of nitrogens with two attached hydrogens (primary N) is 1. The molecule has 0 unspecified atom stereocenters. The molecule has 0 radical (unpaired) electrons.